The van der Waals surface area contributed by atoms with Gasteiger partial charge in [0.25, 0.3) is 0 Å². The number of ether oxygens (including phenoxy) is 1. The molecule has 0 fully saturated rings. The number of nitrogen functional groups attached to an aromatic ring is 1. The number of benzene rings is 2. The first-order valence-electron chi connectivity index (χ1n) is 5.64. The lowest BCUT2D eigenvalue weighted by atomic mass is 10.2. The van der Waals surface area contributed by atoms with Crippen LogP contribution in [0.1, 0.15) is 5.56 Å². The van der Waals surface area contributed by atoms with Crippen LogP contribution >= 0.6 is 11.6 Å². The minimum Gasteiger partial charge on any atom is -0.457 e. The number of nitrogens with zero attached hydrogens (tertiary/aromatic N) is 1. The van der Waals surface area contributed by atoms with E-state index in [0.29, 0.717) is 11.3 Å². The summed E-state index contributed by atoms with van der Waals surface area (Å²) in [4.78, 5) is 9.69. The van der Waals surface area contributed by atoms with Crippen LogP contribution < -0.4 is 10.5 Å². The molecule has 3 N–H and O–H groups in total. The van der Waals surface area contributed by atoms with Gasteiger partial charge in [-0.25, -0.2) is 0 Å². The van der Waals surface area contributed by atoms with Crippen molar-refractivity contribution < 1.29 is 14.1 Å². The van der Waals surface area contributed by atoms with Crippen molar-refractivity contribution in [2.75, 3.05) is 0 Å². The summed E-state index contributed by atoms with van der Waals surface area (Å²) in [5.41, 5.74) is 5.04. The number of nitrogens with two attached hydrogens (primary N) is 1. The van der Waals surface area contributed by atoms with Gasteiger partial charge in [0.2, 0.25) is 5.82 Å². The van der Waals surface area contributed by atoms with Gasteiger partial charge in [0.05, 0.1) is 9.95 Å². The molecular weight excluding hydrogens is 301 g/mol. The molecule has 108 valence electrons. The largest absolute Gasteiger partial charge is 0.457 e. The average molecular weight is 310 g/mol. The Bertz CT molecular complexity index is 675. The summed E-state index contributed by atoms with van der Waals surface area (Å²) in [6.07, 6.45) is 0. The summed E-state index contributed by atoms with van der Waals surface area (Å²) < 4.78 is 18.8. The van der Waals surface area contributed by atoms with Crippen molar-refractivity contribution in [2.45, 2.75) is 0 Å². The molecule has 0 radical (unpaired) electrons. The summed E-state index contributed by atoms with van der Waals surface area (Å²) >= 11 is 5.92. The lowest BCUT2D eigenvalue weighted by Gasteiger charge is -2.08. The van der Waals surface area contributed by atoms with Gasteiger partial charge in [-0.1, -0.05) is 11.6 Å². The number of amidine groups is 1. The summed E-state index contributed by atoms with van der Waals surface area (Å²) in [6.45, 7) is 0. The van der Waals surface area contributed by atoms with Gasteiger partial charge in [0.15, 0.2) is 0 Å². The molecule has 21 heavy (non-hydrogen) atoms. The van der Waals surface area contributed by atoms with Crippen LogP contribution in [0.3, 0.4) is 0 Å². The Kier molecular flexibility index (Phi) is 4.04. The van der Waals surface area contributed by atoms with Crippen molar-refractivity contribution in [1.29, 1.82) is 5.41 Å². The average Bonchev–Trinajstić information content (AvgIpc) is 2.37. The normalized spacial score (nSPS) is 10.2. The highest BCUT2D eigenvalue weighted by Crippen LogP contribution is 2.29. The quantitative estimate of drug-likeness (QED) is 0.390. The molecule has 0 atom stereocenters. The third-order valence-corrected chi connectivity index (χ3v) is 2.89. The molecule has 0 aliphatic carbocycles. The van der Waals surface area contributed by atoms with Gasteiger partial charge in [-0.2, -0.15) is 4.39 Å². The van der Waals surface area contributed by atoms with E-state index in [1.165, 1.54) is 24.3 Å². The zero-order valence-electron chi connectivity index (χ0n) is 10.5. The number of nitro groups is 1. The fourth-order valence-corrected chi connectivity index (χ4v) is 1.89. The van der Waals surface area contributed by atoms with Gasteiger partial charge < -0.3 is 10.5 Å². The van der Waals surface area contributed by atoms with E-state index in [0.717, 1.165) is 12.1 Å². The van der Waals surface area contributed by atoms with Gasteiger partial charge in [-0.15, -0.1) is 0 Å². The maximum Gasteiger partial charge on any atom is 0.305 e. The highest BCUT2D eigenvalue weighted by Gasteiger charge is 2.15. The number of hydrogen-bond acceptors (Lipinski definition) is 4. The molecule has 2 aromatic carbocycles. The zero-order chi connectivity index (χ0) is 15.6. The van der Waals surface area contributed by atoms with Crippen molar-refractivity contribution in [3.05, 3.63) is 62.9 Å². The fourth-order valence-electron chi connectivity index (χ4n) is 1.61. The molecule has 2 aromatic rings. The van der Waals surface area contributed by atoms with Crippen molar-refractivity contribution in [3.8, 4) is 11.5 Å². The molecule has 0 aromatic heterocycles. The molecule has 0 aliphatic heterocycles. The van der Waals surface area contributed by atoms with Crippen molar-refractivity contribution in [3.63, 3.8) is 0 Å². The second-order valence-electron chi connectivity index (χ2n) is 4.03. The number of hydrogen-bond donors (Lipinski definition) is 2. The lowest BCUT2D eigenvalue weighted by Crippen LogP contribution is -2.11. The minimum atomic E-state index is -0.996. The van der Waals surface area contributed by atoms with E-state index in [1.807, 2.05) is 0 Å². The number of nitrogens with one attached hydrogen (secondary N) is 1. The summed E-state index contributed by atoms with van der Waals surface area (Å²) in [7, 11) is 0. The molecule has 0 amide bonds. The maximum absolute atomic E-state index is 13.5. The van der Waals surface area contributed by atoms with Gasteiger partial charge in [-0.05, 0) is 18.2 Å². The molecule has 6 nitrogen and oxygen atoms in total. The summed E-state index contributed by atoms with van der Waals surface area (Å²) in [5, 5.41) is 18.0. The zero-order valence-corrected chi connectivity index (χ0v) is 11.2. The Morgan fingerprint density at radius 3 is 2.43 bits per heavy atom. The Morgan fingerprint density at radius 2 is 1.90 bits per heavy atom. The highest BCUT2D eigenvalue weighted by atomic mass is 35.5. The molecular formula is C13H9ClFN3O3. The first-order chi connectivity index (χ1) is 9.88. The molecule has 0 unspecified atom stereocenters. The first-order valence-corrected chi connectivity index (χ1v) is 6.02. The predicted octanol–water partition coefficient (Wildman–Crippen LogP) is 3.46. The summed E-state index contributed by atoms with van der Waals surface area (Å²) in [5.74, 6) is -0.806. The van der Waals surface area contributed by atoms with E-state index >= 15 is 0 Å². The van der Waals surface area contributed by atoms with Crippen LogP contribution in [-0.2, 0) is 0 Å². The third kappa shape index (κ3) is 3.26. The van der Waals surface area contributed by atoms with E-state index in [9.17, 15) is 14.5 Å². The van der Waals surface area contributed by atoms with E-state index in [4.69, 9.17) is 27.5 Å². The van der Waals surface area contributed by atoms with Crippen molar-refractivity contribution in [2.24, 2.45) is 5.73 Å². The van der Waals surface area contributed by atoms with Gasteiger partial charge in [0.1, 0.15) is 17.3 Å². The summed E-state index contributed by atoms with van der Waals surface area (Å²) in [6, 6.07) is 7.59. The number of halogens is 2. The Balaban J connectivity index is 2.26. The molecule has 0 bridgehead atoms. The first kappa shape index (κ1) is 14.7. The molecule has 0 aliphatic rings. The minimum absolute atomic E-state index is 0.0877. The molecule has 8 heteroatoms. The van der Waals surface area contributed by atoms with Crippen molar-refractivity contribution in [1.82, 2.24) is 0 Å². The fraction of sp³-hybridized carbons (Fsp3) is 0. The standard InChI is InChI=1S/C13H9ClFN3O3/c14-10-5-7(1-3-9(10)13(16)17)21-8-2-4-12(18(19)20)11(15)6-8/h1-6H,(H3,16,17). The molecule has 0 spiro atoms. The van der Waals surface area contributed by atoms with Crippen LogP contribution in [-0.4, -0.2) is 10.8 Å². The second-order valence-corrected chi connectivity index (χ2v) is 4.43. The van der Waals surface area contributed by atoms with E-state index in [1.54, 1.807) is 0 Å². The Morgan fingerprint density at radius 1 is 1.29 bits per heavy atom. The topological polar surface area (TPSA) is 102 Å². The highest BCUT2D eigenvalue weighted by molar-refractivity contribution is 6.34. The van der Waals surface area contributed by atoms with Gasteiger partial charge in [-0.3, -0.25) is 15.5 Å². The van der Waals surface area contributed by atoms with E-state index < -0.39 is 16.4 Å². The number of nitro benzene ring substituents is 1. The lowest BCUT2D eigenvalue weighted by molar-refractivity contribution is -0.387. The van der Waals surface area contributed by atoms with E-state index in [2.05, 4.69) is 0 Å². The molecule has 0 saturated heterocycles. The van der Waals surface area contributed by atoms with Crippen LogP contribution in [0.4, 0.5) is 10.1 Å². The van der Waals surface area contributed by atoms with Crippen LogP contribution in [0.25, 0.3) is 0 Å². The Hall–Kier alpha value is -2.67. The smallest absolute Gasteiger partial charge is 0.305 e. The monoisotopic (exact) mass is 309 g/mol. The second kappa shape index (κ2) is 5.76. The SMILES string of the molecule is N=C(N)c1ccc(Oc2ccc([N+](=O)[O-])c(F)c2)cc1Cl. The number of rotatable bonds is 4. The third-order valence-electron chi connectivity index (χ3n) is 2.58. The Labute approximate surface area is 123 Å². The predicted molar refractivity (Wildman–Crippen MR) is 75.6 cm³/mol. The van der Waals surface area contributed by atoms with Crippen LogP contribution in [0.5, 0.6) is 11.5 Å². The van der Waals surface area contributed by atoms with Crippen LogP contribution in [0.2, 0.25) is 5.02 Å². The van der Waals surface area contributed by atoms with Crippen molar-refractivity contribution >= 4 is 23.1 Å². The molecule has 0 saturated carbocycles. The van der Waals surface area contributed by atoms with Gasteiger partial charge >= 0.3 is 5.69 Å². The molecule has 0 heterocycles. The molecule has 2 rings (SSSR count). The van der Waals surface area contributed by atoms with Crippen LogP contribution in [0, 0.1) is 21.3 Å². The maximum atomic E-state index is 13.5. The van der Waals surface area contributed by atoms with E-state index in [-0.39, 0.29) is 16.6 Å². The van der Waals surface area contributed by atoms with Gasteiger partial charge in [0, 0.05) is 23.8 Å². The van der Waals surface area contributed by atoms with Crippen LogP contribution in [0.15, 0.2) is 36.4 Å².